The van der Waals surface area contributed by atoms with Crippen molar-refractivity contribution >= 4 is 29.1 Å². The summed E-state index contributed by atoms with van der Waals surface area (Å²) in [5.74, 6) is 1.46. The third kappa shape index (κ3) is 5.04. The summed E-state index contributed by atoms with van der Waals surface area (Å²) >= 11 is 0. The molecule has 1 N–H and O–H groups in total. The van der Waals surface area contributed by atoms with Gasteiger partial charge in [-0.05, 0) is 77.2 Å². The molecule has 1 saturated heterocycles. The Morgan fingerprint density at radius 2 is 2.00 bits per heavy atom. The van der Waals surface area contributed by atoms with Gasteiger partial charge in [-0.2, -0.15) is 4.98 Å². The number of anilines is 2. The van der Waals surface area contributed by atoms with Crippen LogP contribution in [0.15, 0.2) is 30.7 Å². The smallest absolute Gasteiger partial charge is 0.410 e. The summed E-state index contributed by atoms with van der Waals surface area (Å²) in [5, 5.41) is 8.37. The number of fused-ring (bicyclic) bond motifs is 1. The SMILES string of the molecule is Cc1cc(C2=CCN(C(=O)OC(C)C)CC2)c2nc(N(c3cc(C)ncn3)C3CCNCC3)nn2c1. The normalized spacial score (nSPS) is 16.9. The highest BCUT2D eigenvalue weighted by molar-refractivity contribution is 5.79. The Labute approximate surface area is 211 Å². The predicted octanol–water partition coefficient (Wildman–Crippen LogP) is 3.66. The van der Waals surface area contributed by atoms with Crippen LogP contribution in [0, 0.1) is 13.8 Å². The van der Waals surface area contributed by atoms with Crippen molar-refractivity contribution in [2.75, 3.05) is 31.1 Å². The number of hydrogen-bond donors (Lipinski definition) is 1. The number of aromatic nitrogens is 5. The standard InChI is InChI=1S/C26H34N8O2/c1-17(2)36-26(35)32-11-7-20(8-12-32)22-13-18(3)15-33-24(22)30-25(31-33)34(21-5-9-27-10-6-21)23-14-19(4)28-16-29-23/h7,13-17,21,27H,5-6,8-12H2,1-4H3. The maximum absolute atomic E-state index is 12.3. The molecule has 190 valence electrons. The minimum Gasteiger partial charge on any atom is -0.447 e. The lowest BCUT2D eigenvalue weighted by Gasteiger charge is -2.33. The summed E-state index contributed by atoms with van der Waals surface area (Å²) in [7, 11) is 0. The Bertz CT molecular complexity index is 1280. The number of ether oxygens (including phenoxy) is 1. The first-order chi connectivity index (χ1) is 17.4. The molecular formula is C26H34N8O2. The zero-order valence-corrected chi connectivity index (χ0v) is 21.4. The van der Waals surface area contributed by atoms with E-state index in [1.807, 2.05) is 37.5 Å². The first kappa shape index (κ1) is 24.2. The maximum Gasteiger partial charge on any atom is 0.410 e. The number of amides is 1. The second-order valence-electron chi connectivity index (χ2n) is 9.84. The number of nitrogens with one attached hydrogen (secondary N) is 1. The predicted molar refractivity (Wildman–Crippen MR) is 138 cm³/mol. The van der Waals surface area contributed by atoms with E-state index in [-0.39, 0.29) is 18.2 Å². The number of hydrogen-bond acceptors (Lipinski definition) is 8. The Kier molecular flexibility index (Phi) is 6.86. The Morgan fingerprint density at radius 1 is 1.19 bits per heavy atom. The van der Waals surface area contributed by atoms with Crippen molar-refractivity contribution in [3.8, 4) is 0 Å². The third-order valence-corrected chi connectivity index (χ3v) is 6.63. The average Bonchev–Trinajstić information content (AvgIpc) is 3.27. The molecule has 36 heavy (non-hydrogen) atoms. The van der Waals surface area contributed by atoms with Gasteiger partial charge >= 0.3 is 6.09 Å². The highest BCUT2D eigenvalue weighted by Crippen LogP contribution is 2.31. The molecule has 5 rings (SSSR count). The number of aryl methyl sites for hydroxylation is 2. The van der Waals surface area contributed by atoms with Gasteiger partial charge in [-0.15, -0.1) is 5.10 Å². The molecule has 10 heteroatoms. The molecule has 1 fully saturated rings. The van der Waals surface area contributed by atoms with E-state index in [4.69, 9.17) is 14.8 Å². The number of piperidine rings is 1. The van der Waals surface area contributed by atoms with Gasteiger partial charge in [-0.1, -0.05) is 6.08 Å². The Morgan fingerprint density at radius 3 is 2.69 bits per heavy atom. The Hall–Kier alpha value is -3.53. The van der Waals surface area contributed by atoms with Gasteiger partial charge in [0.15, 0.2) is 5.65 Å². The summed E-state index contributed by atoms with van der Waals surface area (Å²) in [4.78, 5) is 30.2. The van der Waals surface area contributed by atoms with E-state index in [9.17, 15) is 4.79 Å². The van der Waals surface area contributed by atoms with Crippen LogP contribution in [0.2, 0.25) is 0 Å². The van der Waals surface area contributed by atoms with Crippen LogP contribution < -0.4 is 10.2 Å². The van der Waals surface area contributed by atoms with E-state index in [1.54, 1.807) is 11.2 Å². The molecule has 0 radical (unpaired) electrons. The van der Waals surface area contributed by atoms with Crippen molar-refractivity contribution in [2.24, 2.45) is 0 Å². The number of nitrogens with zero attached hydrogens (tertiary/aromatic N) is 7. The molecule has 5 heterocycles. The van der Waals surface area contributed by atoms with Crippen molar-refractivity contribution in [1.82, 2.24) is 34.8 Å². The largest absolute Gasteiger partial charge is 0.447 e. The van der Waals surface area contributed by atoms with Crippen molar-refractivity contribution in [3.05, 3.63) is 47.6 Å². The first-order valence-corrected chi connectivity index (χ1v) is 12.7. The van der Waals surface area contributed by atoms with Gasteiger partial charge in [0.2, 0.25) is 0 Å². The number of pyridine rings is 1. The van der Waals surface area contributed by atoms with Gasteiger partial charge in [-0.3, -0.25) is 4.90 Å². The third-order valence-electron chi connectivity index (χ3n) is 6.63. The minimum absolute atomic E-state index is 0.129. The van der Waals surface area contributed by atoms with E-state index in [1.165, 1.54) is 5.57 Å². The molecule has 2 aliphatic heterocycles. The number of carbonyl (C=O) groups excluding carboxylic acids is 1. The molecule has 0 unspecified atom stereocenters. The molecule has 2 aliphatic rings. The van der Waals surface area contributed by atoms with Crippen molar-refractivity contribution in [1.29, 1.82) is 0 Å². The summed E-state index contributed by atoms with van der Waals surface area (Å²) in [6.07, 6.45) is 8.02. The van der Waals surface area contributed by atoms with Crippen LogP contribution in [0.4, 0.5) is 16.6 Å². The highest BCUT2D eigenvalue weighted by Gasteiger charge is 2.28. The fourth-order valence-electron chi connectivity index (χ4n) is 4.89. The average molecular weight is 491 g/mol. The Balaban J connectivity index is 1.51. The van der Waals surface area contributed by atoms with E-state index < -0.39 is 0 Å². The van der Waals surface area contributed by atoms with Gasteiger partial charge in [0.25, 0.3) is 5.95 Å². The molecule has 0 spiro atoms. The molecule has 0 saturated carbocycles. The summed E-state index contributed by atoms with van der Waals surface area (Å²) in [6.45, 7) is 10.8. The second kappa shape index (κ2) is 10.2. The van der Waals surface area contributed by atoms with Crippen molar-refractivity contribution < 1.29 is 9.53 Å². The fourth-order valence-corrected chi connectivity index (χ4v) is 4.89. The van der Waals surface area contributed by atoms with Crippen molar-refractivity contribution in [3.63, 3.8) is 0 Å². The minimum atomic E-state index is -0.266. The van der Waals surface area contributed by atoms with E-state index in [0.29, 0.717) is 19.0 Å². The van der Waals surface area contributed by atoms with E-state index >= 15 is 0 Å². The number of carbonyl (C=O) groups is 1. The lowest BCUT2D eigenvalue weighted by molar-refractivity contribution is 0.0799. The molecule has 1 amide bonds. The van der Waals surface area contributed by atoms with E-state index in [2.05, 4.69) is 39.3 Å². The molecule has 0 atom stereocenters. The van der Waals surface area contributed by atoms with Crippen LogP contribution in [0.5, 0.6) is 0 Å². The van der Waals surface area contributed by atoms with Crippen LogP contribution in [-0.2, 0) is 4.74 Å². The van der Waals surface area contributed by atoms with Crippen molar-refractivity contribution in [2.45, 2.75) is 59.1 Å². The molecule has 0 aliphatic carbocycles. The van der Waals surface area contributed by atoms with Crippen LogP contribution in [-0.4, -0.2) is 73.9 Å². The molecule has 10 nitrogen and oxygen atoms in total. The molecule has 0 bridgehead atoms. The van der Waals surface area contributed by atoms with E-state index in [0.717, 1.165) is 60.6 Å². The lowest BCUT2D eigenvalue weighted by atomic mass is 9.99. The van der Waals surface area contributed by atoms with Gasteiger partial charge in [-0.25, -0.2) is 19.3 Å². The molecular weight excluding hydrogens is 456 g/mol. The monoisotopic (exact) mass is 490 g/mol. The second-order valence-corrected chi connectivity index (χ2v) is 9.84. The van der Waals surface area contributed by atoms with Gasteiger partial charge in [0.05, 0.1) is 6.10 Å². The van der Waals surface area contributed by atoms with Crippen LogP contribution in [0.25, 0.3) is 11.2 Å². The topological polar surface area (TPSA) is 101 Å². The van der Waals surface area contributed by atoms with Crippen LogP contribution >= 0.6 is 0 Å². The highest BCUT2D eigenvalue weighted by atomic mass is 16.6. The summed E-state index contributed by atoms with van der Waals surface area (Å²) in [6, 6.07) is 4.40. The molecule has 0 aromatic carbocycles. The van der Waals surface area contributed by atoms with Gasteiger partial charge < -0.3 is 15.0 Å². The van der Waals surface area contributed by atoms with Crippen LogP contribution in [0.3, 0.4) is 0 Å². The molecule has 3 aromatic heterocycles. The van der Waals surface area contributed by atoms with Gasteiger partial charge in [0, 0.05) is 42.7 Å². The lowest BCUT2D eigenvalue weighted by Crippen LogP contribution is -2.41. The summed E-state index contributed by atoms with van der Waals surface area (Å²) in [5.41, 5.74) is 5.04. The van der Waals surface area contributed by atoms with Gasteiger partial charge in [0.1, 0.15) is 12.1 Å². The quantitative estimate of drug-likeness (QED) is 0.578. The number of rotatable bonds is 5. The fraction of sp³-hybridized carbons (Fsp3) is 0.500. The molecule has 3 aromatic rings. The zero-order chi connectivity index (χ0) is 25.2. The zero-order valence-electron chi connectivity index (χ0n) is 21.4. The summed E-state index contributed by atoms with van der Waals surface area (Å²) < 4.78 is 7.25. The first-order valence-electron chi connectivity index (χ1n) is 12.7. The van der Waals surface area contributed by atoms with Crippen LogP contribution in [0.1, 0.15) is 49.9 Å². The maximum atomic E-state index is 12.3.